The summed E-state index contributed by atoms with van der Waals surface area (Å²) in [5.74, 6) is -3.63. The second-order valence-electron chi connectivity index (χ2n) is 10.0. The number of carbonyl (C=O) groups excluding carboxylic acids is 1. The van der Waals surface area contributed by atoms with Gasteiger partial charge in [0.05, 0.1) is 18.0 Å². The van der Waals surface area contributed by atoms with Crippen molar-refractivity contribution in [1.29, 1.82) is 5.26 Å². The van der Waals surface area contributed by atoms with E-state index in [4.69, 9.17) is 10.5 Å². The maximum atomic E-state index is 15.4. The van der Waals surface area contributed by atoms with Crippen molar-refractivity contribution in [2.45, 2.75) is 39.3 Å². The van der Waals surface area contributed by atoms with Gasteiger partial charge in [0.15, 0.2) is 23.0 Å². The number of amides is 1. The number of halogens is 3. The molecular formula is C29H26F3N7O2. The maximum absolute atomic E-state index is 15.4. The number of nitrogen functional groups attached to an aromatic ring is 1. The molecule has 0 radical (unpaired) electrons. The van der Waals surface area contributed by atoms with Gasteiger partial charge in [-0.05, 0) is 43.0 Å². The number of rotatable bonds is 7. The summed E-state index contributed by atoms with van der Waals surface area (Å²) in [5.41, 5.74) is 6.80. The van der Waals surface area contributed by atoms with Crippen LogP contribution in [0.4, 0.5) is 19.0 Å². The molecule has 1 aliphatic heterocycles. The molecule has 12 heteroatoms. The second-order valence-corrected chi connectivity index (χ2v) is 10.0. The van der Waals surface area contributed by atoms with Gasteiger partial charge < -0.3 is 15.4 Å². The summed E-state index contributed by atoms with van der Waals surface area (Å²) in [6, 6.07) is 8.70. The molecule has 2 aromatic carbocycles. The van der Waals surface area contributed by atoms with E-state index in [-0.39, 0.29) is 52.8 Å². The molecule has 210 valence electrons. The average Bonchev–Trinajstić information content (AvgIpc) is 3.55. The Balaban J connectivity index is 1.49. The minimum Gasteiger partial charge on any atom is -0.451 e. The van der Waals surface area contributed by atoms with Gasteiger partial charge in [-0.1, -0.05) is 26.0 Å². The van der Waals surface area contributed by atoms with E-state index in [0.29, 0.717) is 24.0 Å². The number of aromatic nitrogens is 4. The number of anilines is 1. The molecule has 1 amide bonds. The normalized spacial score (nSPS) is 15.5. The van der Waals surface area contributed by atoms with Crippen LogP contribution in [0.2, 0.25) is 0 Å². The van der Waals surface area contributed by atoms with Crippen molar-refractivity contribution in [2.24, 2.45) is 5.92 Å². The largest absolute Gasteiger partial charge is 0.451 e. The highest BCUT2D eigenvalue weighted by molar-refractivity contribution is 5.99. The monoisotopic (exact) mass is 561 g/mol. The fourth-order valence-corrected chi connectivity index (χ4v) is 4.93. The smallest absolute Gasteiger partial charge is 0.264 e. The molecule has 1 aliphatic rings. The Morgan fingerprint density at radius 1 is 1.20 bits per heavy atom. The summed E-state index contributed by atoms with van der Waals surface area (Å²) in [6.45, 7) is 4.50. The SMILES string of the molecule is CC(C)C=C(C#N)C(=O)N1CCCC1Cn1nc(-c2ccc(Oc3c(F)cccc3F)cc2F)c2c(N)ncnc21. The number of carbonyl (C=O) groups is 1. The molecule has 0 bridgehead atoms. The van der Waals surface area contributed by atoms with Gasteiger partial charge in [-0.15, -0.1) is 0 Å². The van der Waals surface area contributed by atoms with E-state index in [2.05, 4.69) is 15.1 Å². The number of likely N-dealkylation sites (tertiary alicyclic amines) is 1. The number of fused-ring (bicyclic) bond motifs is 1. The van der Waals surface area contributed by atoms with Crippen molar-refractivity contribution >= 4 is 22.8 Å². The first kappa shape index (κ1) is 27.6. The van der Waals surface area contributed by atoms with Gasteiger partial charge in [0.1, 0.15) is 41.0 Å². The number of nitriles is 1. The van der Waals surface area contributed by atoms with E-state index in [0.717, 1.165) is 24.6 Å². The highest BCUT2D eigenvalue weighted by atomic mass is 19.1. The number of hydrogen-bond acceptors (Lipinski definition) is 7. The Bertz CT molecular complexity index is 1690. The number of hydrogen-bond donors (Lipinski definition) is 1. The van der Waals surface area contributed by atoms with Crippen LogP contribution >= 0.6 is 0 Å². The van der Waals surface area contributed by atoms with E-state index in [1.54, 1.807) is 15.7 Å². The molecule has 1 fully saturated rings. The van der Waals surface area contributed by atoms with Crippen LogP contribution in [0.5, 0.6) is 11.5 Å². The zero-order chi connectivity index (χ0) is 29.3. The van der Waals surface area contributed by atoms with E-state index >= 15 is 4.39 Å². The number of nitrogens with zero attached hydrogens (tertiary/aromatic N) is 6. The van der Waals surface area contributed by atoms with Gasteiger partial charge >= 0.3 is 0 Å². The fourth-order valence-electron chi connectivity index (χ4n) is 4.93. The predicted molar refractivity (Wildman–Crippen MR) is 145 cm³/mol. The Morgan fingerprint density at radius 2 is 1.95 bits per heavy atom. The highest BCUT2D eigenvalue weighted by Gasteiger charge is 2.32. The number of nitrogens with two attached hydrogens (primary N) is 1. The lowest BCUT2D eigenvalue weighted by Gasteiger charge is -2.24. The van der Waals surface area contributed by atoms with E-state index in [1.165, 1.54) is 24.5 Å². The summed E-state index contributed by atoms with van der Waals surface area (Å²) in [5, 5.41) is 14.5. The van der Waals surface area contributed by atoms with E-state index in [9.17, 15) is 18.8 Å². The first-order chi connectivity index (χ1) is 19.7. The average molecular weight is 562 g/mol. The fraction of sp³-hybridized carbons (Fsp3) is 0.276. The zero-order valence-corrected chi connectivity index (χ0v) is 22.3. The molecule has 1 atom stereocenters. The molecule has 0 saturated carbocycles. The number of benzene rings is 2. The Hall–Kier alpha value is -4.92. The third-order valence-corrected chi connectivity index (χ3v) is 6.77. The van der Waals surface area contributed by atoms with Gasteiger partial charge in [-0.2, -0.15) is 10.4 Å². The molecule has 41 heavy (non-hydrogen) atoms. The Morgan fingerprint density at radius 3 is 2.63 bits per heavy atom. The van der Waals surface area contributed by atoms with E-state index in [1.807, 2.05) is 19.9 Å². The summed E-state index contributed by atoms with van der Waals surface area (Å²) in [7, 11) is 0. The van der Waals surface area contributed by atoms with Crippen LogP contribution in [-0.4, -0.2) is 43.1 Å². The van der Waals surface area contributed by atoms with Crippen molar-refractivity contribution in [3.8, 4) is 28.8 Å². The molecule has 3 heterocycles. The second kappa shape index (κ2) is 11.3. The van der Waals surface area contributed by atoms with Crippen molar-refractivity contribution in [3.63, 3.8) is 0 Å². The first-order valence-corrected chi connectivity index (χ1v) is 13.0. The van der Waals surface area contributed by atoms with Gasteiger partial charge in [0.2, 0.25) is 0 Å². The molecule has 1 saturated heterocycles. The van der Waals surface area contributed by atoms with Crippen LogP contribution in [0.3, 0.4) is 0 Å². The quantitative estimate of drug-likeness (QED) is 0.237. The number of ether oxygens (including phenoxy) is 1. The molecule has 2 aromatic heterocycles. The Labute approximate surface area is 233 Å². The van der Waals surface area contributed by atoms with Crippen LogP contribution in [0.1, 0.15) is 26.7 Å². The topological polar surface area (TPSA) is 123 Å². The van der Waals surface area contributed by atoms with Crippen molar-refractivity contribution in [1.82, 2.24) is 24.6 Å². The zero-order valence-electron chi connectivity index (χ0n) is 22.3. The predicted octanol–water partition coefficient (Wildman–Crippen LogP) is 5.38. The van der Waals surface area contributed by atoms with Crippen LogP contribution < -0.4 is 10.5 Å². The van der Waals surface area contributed by atoms with Gasteiger partial charge in [0, 0.05) is 18.2 Å². The molecule has 0 spiro atoms. The van der Waals surface area contributed by atoms with Crippen LogP contribution in [0.15, 0.2) is 54.4 Å². The molecule has 4 aromatic rings. The summed E-state index contributed by atoms with van der Waals surface area (Å²) >= 11 is 0. The molecule has 1 unspecified atom stereocenters. The van der Waals surface area contributed by atoms with Crippen molar-refractivity contribution in [3.05, 3.63) is 71.8 Å². The van der Waals surface area contributed by atoms with Gasteiger partial charge in [-0.3, -0.25) is 4.79 Å². The maximum Gasteiger partial charge on any atom is 0.264 e. The standard InChI is InChI=1S/C29H26F3N7O2/c1-16(2)11-17(13-33)29(40)38-10-4-5-18(38)14-39-28-24(27(34)35-15-36-28)25(37-39)20-9-8-19(12-23(20)32)41-26-21(30)6-3-7-22(26)31/h3,6-9,11-12,15-16,18H,4-5,10,14H2,1-2H3,(H2,34,35,36). The minimum atomic E-state index is -0.926. The third kappa shape index (κ3) is 5.43. The lowest BCUT2D eigenvalue weighted by molar-refractivity contribution is -0.127. The lowest BCUT2D eigenvalue weighted by atomic mass is 10.1. The molecule has 0 aliphatic carbocycles. The number of para-hydroxylation sites is 1. The summed E-state index contributed by atoms with van der Waals surface area (Å²) < 4.78 is 50.3. The minimum absolute atomic E-state index is 0.0318. The first-order valence-electron chi connectivity index (χ1n) is 13.0. The molecular weight excluding hydrogens is 535 g/mol. The van der Waals surface area contributed by atoms with Crippen LogP contribution in [0.25, 0.3) is 22.3 Å². The van der Waals surface area contributed by atoms with Crippen LogP contribution in [0, 0.1) is 34.7 Å². The van der Waals surface area contributed by atoms with Crippen molar-refractivity contribution < 1.29 is 22.7 Å². The third-order valence-electron chi connectivity index (χ3n) is 6.77. The summed E-state index contributed by atoms with van der Waals surface area (Å²) in [4.78, 5) is 23.2. The molecule has 2 N–H and O–H groups in total. The summed E-state index contributed by atoms with van der Waals surface area (Å²) in [6.07, 6.45) is 4.34. The van der Waals surface area contributed by atoms with Gasteiger partial charge in [-0.25, -0.2) is 27.8 Å². The van der Waals surface area contributed by atoms with Gasteiger partial charge in [0.25, 0.3) is 5.91 Å². The van der Waals surface area contributed by atoms with Crippen LogP contribution in [-0.2, 0) is 11.3 Å². The number of allylic oxidation sites excluding steroid dienone is 1. The lowest BCUT2D eigenvalue weighted by Crippen LogP contribution is -2.39. The van der Waals surface area contributed by atoms with Crippen molar-refractivity contribution in [2.75, 3.05) is 12.3 Å². The Kier molecular flexibility index (Phi) is 7.61. The van der Waals surface area contributed by atoms with E-state index < -0.39 is 23.2 Å². The molecule has 9 nitrogen and oxygen atoms in total. The molecule has 5 rings (SSSR count). The highest BCUT2D eigenvalue weighted by Crippen LogP contribution is 2.35.